The molecule has 0 aromatic heterocycles. The van der Waals surface area contributed by atoms with Gasteiger partial charge in [0.05, 0.1) is 0 Å². The third-order valence-electron chi connectivity index (χ3n) is 1.58. The predicted octanol–water partition coefficient (Wildman–Crippen LogP) is -0.442. The van der Waals surface area contributed by atoms with Gasteiger partial charge in [0.25, 0.3) is 10.2 Å². The van der Waals surface area contributed by atoms with Crippen LogP contribution in [0, 0.1) is 0 Å². The Bertz CT molecular complexity index is 216. The van der Waals surface area contributed by atoms with E-state index in [0.29, 0.717) is 13.1 Å². The lowest BCUT2D eigenvalue weighted by Gasteiger charge is -2.15. The molecule has 1 unspecified atom stereocenters. The second-order valence-corrected chi connectivity index (χ2v) is 4.37. The zero-order chi connectivity index (χ0) is 10.3. The van der Waals surface area contributed by atoms with Gasteiger partial charge in [0.1, 0.15) is 0 Å². The van der Waals surface area contributed by atoms with E-state index in [1.165, 1.54) is 0 Å². The first-order valence-electron chi connectivity index (χ1n) is 4.52. The fourth-order valence-corrected chi connectivity index (χ4v) is 2.14. The molecule has 13 heavy (non-hydrogen) atoms. The maximum absolute atomic E-state index is 11.2. The lowest BCUT2D eigenvalue weighted by Crippen LogP contribution is -2.45. The molecule has 0 heterocycles. The molecular formula is C7H19N3O2S. The summed E-state index contributed by atoms with van der Waals surface area (Å²) in [6.07, 6.45) is 1.68. The molecule has 0 amide bonds. The smallest absolute Gasteiger partial charge is 0.277 e. The van der Waals surface area contributed by atoms with Crippen LogP contribution in [0.1, 0.15) is 26.7 Å². The van der Waals surface area contributed by atoms with Gasteiger partial charge < -0.3 is 5.73 Å². The van der Waals surface area contributed by atoms with Crippen LogP contribution in [0.2, 0.25) is 0 Å². The molecule has 1 atom stereocenters. The van der Waals surface area contributed by atoms with Crippen molar-refractivity contribution in [2.24, 2.45) is 5.73 Å². The second kappa shape index (κ2) is 6.31. The molecule has 0 aromatic rings. The van der Waals surface area contributed by atoms with Crippen molar-refractivity contribution < 1.29 is 8.42 Å². The Labute approximate surface area is 80.3 Å². The molecule has 0 rings (SSSR count). The normalized spacial score (nSPS) is 14.4. The van der Waals surface area contributed by atoms with Gasteiger partial charge in [-0.05, 0) is 6.42 Å². The van der Waals surface area contributed by atoms with Gasteiger partial charge >= 0.3 is 0 Å². The highest BCUT2D eigenvalue weighted by atomic mass is 32.2. The van der Waals surface area contributed by atoms with Crippen molar-refractivity contribution in [1.82, 2.24) is 9.44 Å². The van der Waals surface area contributed by atoms with Gasteiger partial charge in [0, 0.05) is 19.1 Å². The summed E-state index contributed by atoms with van der Waals surface area (Å²) in [5.74, 6) is 0. The third-order valence-corrected chi connectivity index (χ3v) is 2.89. The number of hydrogen-bond acceptors (Lipinski definition) is 3. The first-order valence-corrected chi connectivity index (χ1v) is 6.01. The van der Waals surface area contributed by atoms with Crippen LogP contribution < -0.4 is 15.2 Å². The molecule has 6 heteroatoms. The highest BCUT2D eigenvalue weighted by Gasteiger charge is 2.13. The Balaban J connectivity index is 4.06. The van der Waals surface area contributed by atoms with Crippen LogP contribution in [0.25, 0.3) is 0 Å². The number of nitrogens with two attached hydrogens (primary N) is 1. The summed E-state index contributed by atoms with van der Waals surface area (Å²) in [5, 5.41) is 0. The van der Waals surface area contributed by atoms with E-state index in [2.05, 4.69) is 9.44 Å². The second-order valence-electron chi connectivity index (χ2n) is 2.84. The Kier molecular flexibility index (Phi) is 6.23. The molecule has 0 saturated heterocycles. The number of nitrogens with one attached hydrogen (secondary N) is 2. The van der Waals surface area contributed by atoms with Gasteiger partial charge in [-0.25, -0.2) is 4.72 Å². The van der Waals surface area contributed by atoms with Gasteiger partial charge in [0.2, 0.25) is 0 Å². The summed E-state index contributed by atoms with van der Waals surface area (Å²) in [5.41, 5.74) is 5.41. The molecule has 0 aliphatic rings. The van der Waals surface area contributed by atoms with Crippen LogP contribution in [0.15, 0.2) is 0 Å². The van der Waals surface area contributed by atoms with Crippen molar-refractivity contribution >= 4 is 10.2 Å². The van der Waals surface area contributed by atoms with E-state index in [1.807, 2.05) is 6.92 Å². The maximum atomic E-state index is 11.2. The molecule has 0 aliphatic heterocycles. The summed E-state index contributed by atoms with van der Waals surface area (Å²) in [6, 6.07) is -0.158. The molecule has 80 valence electrons. The SMILES string of the molecule is CCCC(CN)NS(=O)(=O)NCC. The molecule has 0 bridgehead atoms. The number of rotatable bonds is 7. The van der Waals surface area contributed by atoms with E-state index in [4.69, 9.17) is 5.73 Å². The van der Waals surface area contributed by atoms with Crippen molar-refractivity contribution in [2.75, 3.05) is 13.1 Å². The Morgan fingerprint density at radius 2 is 2.00 bits per heavy atom. The fourth-order valence-electron chi connectivity index (χ4n) is 1.02. The monoisotopic (exact) mass is 209 g/mol. The van der Waals surface area contributed by atoms with Gasteiger partial charge in [0.15, 0.2) is 0 Å². The molecular weight excluding hydrogens is 190 g/mol. The summed E-state index contributed by atoms with van der Waals surface area (Å²) in [7, 11) is -3.35. The summed E-state index contributed by atoms with van der Waals surface area (Å²) in [6.45, 7) is 4.44. The molecule has 0 spiro atoms. The van der Waals surface area contributed by atoms with Gasteiger partial charge in [-0.15, -0.1) is 0 Å². The molecule has 0 saturated carbocycles. The van der Waals surface area contributed by atoms with E-state index in [-0.39, 0.29) is 6.04 Å². The summed E-state index contributed by atoms with van der Waals surface area (Å²) in [4.78, 5) is 0. The van der Waals surface area contributed by atoms with E-state index in [1.54, 1.807) is 6.92 Å². The van der Waals surface area contributed by atoms with Crippen LogP contribution in [0.5, 0.6) is 0 Å². The van der Waals surface area contributed by atoms with E-state index in [9.17, 15) is 8.42 Å². The first kappa shape index (κ1) is 12.8. The Morgan fingerprint density at radius 1 is 1.38 bits per heavy atom. The van der Waals surface area contributed by atoms with E-state index < -0.39 is 10.2 Å². The Morgan fingerprint density at radius 3 is 2.38 bits per heavy atom. The van der Waals surface area contributed by atoms with Crippen LogP contribution in [0.4, 0.5) is 0 Å². The van der Waals surface area contributed by atoms with Crippen molar-refractivity contribution in [3.63, 3.8) is 0 Å². The first-order chi connectivity index (χ1) is 6.05. The molecule has 0 radical (unpaired) electrons. The van der Waals surface area contributed by atoms with E-state index >= 15 is 0 Å². The van der Waals surface area contributed by atoms with Crippen molar-refractivity contribution in [2.45, 2.75) is 32.7 Å². The van der Waals surface area contributed by atoms with Crippen molar-refractivity contribution in [3.8, 4) is 0 Å². The third kappa shape index (κ3) is 5.98. The predicted molar refractivity (Wildman–Crippen MR) is 53.5 cm³/mol. The van der Waals surface area contributed by atoms with Crippen LogP contribution in [-0.4, -0.2) is 27.5 Å². The van der Waals surface area contributed by atoms with Crippen molar-refractivity contribution in [3.05, 3.63) is 0 Å². The zero-order valence-corrected chi connectivity index (χ0v) is 9.02. The summed E-state index contributed by atoms with van der Waals surface area (Å²) < 4.78 is 27.2. The average Bonchev–Trinajstić information content (AvgIpc) is 2.03. The van der Waals surface area contributed by atoms with Crippen LogP contribution >= 0.6 is 0 Å². The highest BCUT2D eigenvalue weighted by molar-refractivity contribution is 7.87. The quantitative estimate of drug-likeness (QED) is 0.531. The zero-order valence-electron chi connectivity index (χ0n) is 8.21. The molecule has 5 nitrogen and oxygen atoms in total. The molecule has 4 N–H and O–H groups in total. The summed E-state index contributed by atoms with van der Waals surface area (Å²) >= 11 is 0. The maximum Gasteiger partial charge on any atom is 0.277 e. The van der Waals surface area contributed by atoms with Gasteiger partial charge in [-0.3, -0.25) is 0 Å². The minimum Gasteiger partial charge on any atom is -0.329 e. The topological polar surface area (TPSA) is 84.2 Å². The standard InChI is InChI=1S/C7H19N3O2S/c1-3-5-7(6-8)10-13(11,12)9-4-2/h7,9-10H,3-6,8H2,1-2H3. The van der Waals surface area contributed by atoms with Crippen LogP contribution in [0.3, 0.4) is 0 Å². The van der Waals surface area contributed by atoms with Crippen molar-refractivity contribution in [1.29, 1.82) is 0 Å². The highest BCUT2D eigenvalue weighted by Crippen LogP contribution is 1.95. The number of hydrogen-bond donors (Lipinski definition) is 3. The molecule has 0 fully saturated rings. The minimum absolute atomic E-state index is 0.158. The molecule has 0 aromatic carbocycles. The Hall–Kier alpha value is -0.170. The largest absolute Gasteiger partial charge is 0.329 e. The van der Waals surface area contributed by atoms with Gasteiger partial charge in [-0.2, -0.15) is 13.1 Å². The van der Waals surface area contributed by atoms with E-state index in [0.717, 1.165) is 12.8 Å². The average molecular weight is 209 g/mol. The van der Waals surface area contributed by atoms with Crippen LogP contribution in [-0.2, 0) is 10.2 Å². The minimum atomic E-state index is -3.35. The van der Waals surface area contributed by atoms with Gasteiger partial charge in [-0.1, -0.05) is 20.3 Å². The fraction of sp³-hybridized carbons (Fsp3) is 1.00. The lowest BCUT2D eigenvalue weighted by molar-refractivity contribution is 0.519. The molecule has 0 aliphatic carbocycles. The lowest BCUT2D eigenvalue weighted by atomic mass is 10.2.